The molecule has 0 aliphatic heterocycles. The topological polar surface area (TPSA) is 126 Å². The summed E-state index contributed by atoms with van der Waals surface area (Å²) in [6.45, 7) is 3.73. The van der Waals surface area contributed by atoms with Crippen LogP contribution in [0.15, 0.2) is 12.4 Å². The number of carbonyl (C=O) groups excluding carboxylic acids is 1. The fraction of sp³-hybridized carbons (Fsp3) is 0.286. The van der Waals surface area contributed by atoms with Gasteiger partial charge in [0.2, 0.25) is 0 Å². The molecule has 0 radical (unpaired) electrons. The molecule has 4 aromatic heterocycles. The van der Waals surface area contributed by atoms with Crippen LogP contribution in [0.5, 0.6) is 0 Å². The lowest BCUT2D eigenvalue weighted by Crippen LogP contribution is -2.09. The predicted molar refractivity (Wildman–Crippen MR) is 84.0 cm³/mol. The van der Waals surface area contributed by atoms with E-state index in [1.807, 2.05) is 19.9 Å². The average Bonchev–Trinajstić information content (AvgIpc) is 3.18. The second-order valence-corrected chi connectivity index (χ2v) is 5.41. The molecular formula is C14H13N9O2. The van der Waals surface area contributed by atoms with Crippen LogP contribution in [0.2, 0.25) is 0 Å². The lowest BCUT2D eigenvalue weighted by molar-refractivity contribution is -0.139. The third-order valence-electron chi connectivity index (χ3n) is 3.58. The maximum Gasteiger partial charge on any atom is 0.311 e. The summed E-state index contributed by atoms with van der Waals surface area (Å²) < 4.78 is 7.70. The van der Waals surface area contributed by atoms with E-state index in [4.69, 9.17) is 4.74 Å². The van der Waals surface area contributed by atoms with E-state index >= 15 is 0 Å². The van der Waals surface area contributed by atoms with Crippen molar-refractivity contribution in [3.63, 3.8) is 0 Å². The van der Waals surface area contributed by atoms with E-state index in [2.05, 4.69) is 35.3 Å². The number of nitrogens with zero attached hydrogens (tertiary/aromatic N) is 9. The Morgan fingerprint density at radius 1 is 1.20 bits per heavy atom. The molecule has 0 bridgehead atoms. The first-order chi connectivity index (χ1) is 12.1. The van der Waals surface area contributed by atoms with Crippen molar-refractivity contribution < 1.29 is 9.53 Å². The fourth-order valence-electron chi connectivity index (χ4n) is 2.55. The van der Waals surface area contributed by atoms with Gasteiger partial charge in [-0.15, -0.1) is 10.2 Å². The molecule has 4 heterocycles. The number of esters is 1. The molecule has 11 nitrogen and oxygen atoms in total. The quantitative estimate of drug-likeness (QED) is 0.473. The third-order valence-corrected chi connectivity index (χ3v) is 3.58. The number of methoxy groups -OCH3 is 1. The molecule has 0 aliphatic carbocycles. The largest absolute Gasteiger partial charge is 0.469 e. The Kier molecular flexibility index (Phi) is 3.34. The molecule has 4 rings (SSSR count). The van der Waals surface area contributed by atoms with E-state index in [9.17, 15) is 4.79 Å². The van der Waals surface area contributed by atoms with Crippen LogP contribution in [-0.4, -0.2) is 57.6 Å². The first-order valence-electron chi connectivity index (χ1n) is 7.40. The number of ether oxygens (including phenoxy) is 1. The summed E-state index contributed by atoms with van der Waals surface area (Å²) >= 11 is 0. The van der Waals surface area contributed by atoms with Crippen molar-refractivity contribution in [1.82, 2.24) is 44.5 Å². The van der Waals surface area contributed by atoms with Gasteiger partial charge >= 0.3 is 5.97 Å². The Morgan fingerprint density at radius 3 is 2.68 bits per heavy atom. The van der Waals surface area contributed by atoms with Gasteiger partial charge in [-0.25, -0.2) is 9.97 Å². The standard InChI is InChI=1S/C14H13N9O2/c1-7-4-8(2)18-14(17-7)23-12-11(9(21-23)5-10(24)25-3)19-20-13-15-6-16-22(12)13/h4,6H,5H2,1-3H3. The van der Waals surface area contributed by atoms with Crippen molar-refractivity contribution in [1.29, 1.82) is 0 Å². The lowest BCUT2D eigenvalue weighted by atomic mass is 10.3. The minimum Gasteiger partial charge on any atom is -0.469 e. The highest BCUT2D eigenvalue weighted by Crippen LogP contribution is 2.19. The highest BCUT2D eigenvalue weighted by Gasteiger charge is 2.22. The Balaban J connectivity index is 2.05. The van der Waals surface area contributed by atoms with E-state index < -0.39 is 5.97 Å². The zero-order chi connectivity index (χ0) is 17.6. The molecule has 4 aromatic rings. The molecule has 0 amide bonds. The molecule has 0 N–H and O–H groups in total. The summed E-state index contributed by atoms with van der Waals surface area (Å²) in [7, 11) is 1.32. The van der Waals surface area contributed by atoms with Gasteiger partial charge in [0.1, 0.15) is 12.0 Å². The van der Waals surface area contributed by atoms with Crippen LogP contribution < -0.4 is 0 Å². The van der Waals surface area contributed by atoms with Gasteiger partial charge in [0.05, 0.1) is 13.5 Å². The molecule has 0 unspecified atom stereocenters. The number of rotatable bonds is 3. The molecular weight excluding hydrogens is 326 g/mol. The van der Waals surface area contributed by atoms with Crippen LogP contribution >= 0.6 is 0 Å². The molecule has 0 aliphatic rings. The van der Waals surface area contributed by atoms with E-state index in [-0.39, 0.29) is 6.42 Å². The van der Waals surface area contributed by atoms with Crippen LogP contribution in [0.3, 0.4) is 0 Å². The minimum absolute atomic E-state index is 0.0559. The Bertz CT molecular complexity index is 1090. The molecule has 0 atom stereocenters. The van der Waals surface area contributed by atoms with Gasteiger partial charge in [-0.05, 0) is 19.9 Å². The Labute approximate surface area is 140 Å². The van der Waals surface area contributed by atoms with Crippen LogP contribution in [-0.2, 0) is 16.0 Å². The third kappa shape index (κ3) is 2.45. The van der Waals surface area contributed by atoms with Gasteiger partial charge in [0.25, 0.3) is 11.7 Å². The van der Waals surface area contributed by atoms with Crippen molar-refractivity contribution in [3.05, 3.63) is 29.5 Å². The number of fused-ring (bicyclic) bond motifs is 3. The van der Waals surface area contributed by atoms with Gasteiger partial charge in [-0.2, -0.15) is 24.4 Å². The van der Waals surface area contributed by atoms with Gasteiger partial charge in [0, 0.05) is 11.4 Å². The van der Waals surface area contributed by atoms with E-state index in [0.717, 1.165) is 11.4 Å². The van der Waals surface area contributed by atoms with Gasteiger partial charge < -0.3 is 4.74 Å². The normalized spacial score (nSPS) is 11.3. The SMILES string of the molecule is COC(=O)Cc1nn(-c2nc(C)cc(C)n2)c2c1nnc1ncnn12. The minimum atomic E-state index is -0.437. The summed E-state index contributed by atoms with van der Waals surface area (Å²) in [5.41, 5.74) is 2.86. The number of aryl methyl sites for hydroxylation is 2. The number of aromatic nitrogens is 9. The van der Waals surface area contributed by atoms with Crippen LogP contribution in [0.1, 0.15) is 17.1 Å². The van der Waals surface area contributed by atoms with Gasteiger partial charge in [-0.3, -0.25) is 4.79 Å². The summed E-state index contributed by atoms with van der Waals surface area (Å²) in [5.74, 6) is 0.222. The lowest BCUT2D eigenvalue weighted by Gasteiger charge is -2.04. The average molecular weight is 339 g/mol. The van der Waals surface area contributed by atoms with Crippen molar-refractivity contribution in [2.75, 3.05) is 7.11 Å². The molecule has 126 valence electrons. The Hall–Kier alpha value is -3.50. The highest BCUT2D eigenvalue weighted by molar-refractivity contribution is 5.82. The van der Waals surface area contributed by atoms with Crippen LogP contribution in [0, 0.1) is 13.8 Å². The Morgan fingerprint density at radius 2 is 1.96 bits per heavy atom. The number of hydrogen-bond donors (Lipinski definition) is 0. The first kappa shape index (κ1) is 15.1. The second kappa shape index (κ2) is 5.54. The molecule has 11 heteroatoms. The predicted octanol–water partition coefficient (Wildman–Crippen LogP) is -0.0195. The molecule has 0 fully saturated rings. The van der Waals surface area contributed by atoms with Crippen LogP contribution in [0.4, 0.5) is 0 Å². The zero-order valence-electron chi connectivity index (χ0n) is 13.7. The summed E-state index contributed by atoms with van der Waals surface area (Å²) in [5, 5.41) is 16.8. The molecule has 0 spiro atoms. The zero-order valence-corrected chi connectivity index (χ0v) is 13.7. The van der Waals surface area contributed by atoms with Crippen molar-refractivity contribution in [2.45, 2.75) is 20.3 Å². The smallest absolute Gasteiger partial charge is 0.311 e. The monoisotopic (exact) mass is 339 g/mol. The summed E-state index contributed by atoms with van der Waals surface area (Å²) in [4.78, 5) is 24.6. The van der Waals surface area contributed by atoms with Crippen molar-refractivity contribution >= 4 is 22.9 Å². The summed E-state index contributed by atoms with van der Waals surface area (Å²) in [6.07, 6.45) is 1.31. The maximum absolute atomic E-state index is 11.7. The number of carbonyl (C=O) groups is 1. The molecule has 25 heavy (non-hydrogen) atoms. The van der Waals surface area contributed by atoms with Crippen molar-refractivity contribution in [2.24, 2.45) is 0 Å². The fourth-order valence-corrected chi connectivity index (χ4v) is 2.55. The second-order valence-electron chi connectivity index (χ2n) is 5.41. The van der Waals surface area contributed by atoms with Crippen LogP contribution in [0.25, 0.3) is 22.9 Å². The maximum atomic E-state index is 11.7. The molecule has 0 saturated heterocycles. The summed E-state index contributed by atoms with van der Waals surface area (Å²) in [6, 6.07) is 1.86. The van der Waals surface area contributed by atoms with E-state index in [1.54, 1.807) is 0 Å². The van der Waals surface area contributed by atoms with E-state index in [0.29, 0.717) is 28.6 Å². The van der Waals surface area contributed by atoms with Gasteiger partial charge in [-0.1, -0.05) is 0 Å². The highest BCUT2D eigenvalue weighted by atomic mass is 16.5. The van der Waals surface area contributed by atoms with Crippen molar-refractivity contribution in [3.8, 4) is 5.95 Å². The first-order valence-corrected chi connectivity index (χ1v) is 7.40. The molecule has 0 saturated carbocycles. The van der Waals surface area contributed by atoms with E-state index in [1.165, 1.54) is 22.6 Å². The number of hydrogen-bond acceptors (Lipinski definition) is 9. The molecule has 0 aromatic carbocycles. The van der Waals surface area contributed by atoms with Gasteiger partial charge in [0.15, 0.2) is 11.2 Å².